The van der Waals surface area contributed by atoms with Crippen molar-refractivity contribution in [1.82, 2.24) is 0 Å². The Morgan fingerprint density at radius 1 is 1.47 bits per heavy atom. The summed E-state index contributed by atoms with van der Waals surface area (Å²) in [6, 6.07) is 0. The van der Waals surface area contributed by atoms with Crippen molar-refractivity contribution in [2.45, 2.75) is 51.9 Å². The van der Waals surface area contributed by atoms with Crippen molar-refractivity contribution in [3.05, 3.63) is 0 Å². The second-order valence-electron chi connectivity index (χ2n) is 3.85. The van der Waals surface area contributed by atoms with Gasteiger partial charge in [-0.25, -0.2) is 0 Å². The van der Waals surface area contributed by atoms with Gasteiger partial charge in [0.25, 0.3) is 0 Å². The van der Waals surface area contributed by atoms with Gasteiger partial charge in [0.1, 0.15) is 0 Å². The van der Waals surface area contributed by atoms with Crippen molar-refractivity contribution in [2.24, 2.45) is 0 Å². The first-order chi connectivity index (χ1) is 7.09. The molecule has 0 spiro atoms. The number of esters is 1. The molecule has 1 rings (SSSR count). The van der Waals surface area contributed by atoms with E-state index in [2.05, 4.69) is 0 Å². The molecule has 0 bridgehead atoms. The topological polar surface area (TPSA) is 44.8 Å². The zero-order chi connectivity index (χ0) is 11.3. The molecule has 15 heavy (non-hydrogen) atoms. The molecule has 0 radical (unpaired) electrons. The molecule has 0 N–H and O–H groups in total. The Bertz CT molecular complexity index is 217. The van der Waals surface area contributed by atoms with E-state index >= 15 is 0 Å². The van der Waals surface area contributed by atoms with E-state index in [4.69, 9.17) is 14.2 Å². The molecule has 1 fully saturated rings. The van der Waals surface area contributed by atoms with Crippen molar-refractivity contribution in [2.75, 3.05) is 13.2 Å². The molecule has 1 aliphatic rings. The molecule has 2 atom stereocenters. The van der Waals surface area contributed by atoms with E-state index in [-0.39, 0.29) is 12.1 Å². The van der Waals surface area contributed by atoms with E-state index in [0.29, 0.717) is 19.6 Å². The van der Waals surface area contributed by atoms with Gasteiger partial charge in [0.05, 0.1) is 19.1 Å². The molecule has 1 saturated heterocycles. The lowest BCUT2D eigenvalue weighted by Gasteiger charge is -2.24. The lowest BCUT2D eigenvalue weighted by molar-refractivity contribution is -0.213. The second kappa shape index (κ2) is 5.47. The highest BCUT2D eigenvalue weighted by atomic mass is 16.7. The van der Waals surface area contributed by atoms with Gasteiger partial charge in [-0.05, 0) is 27.2 Å². The minimum atomic E-state index is -0.508. The van der Waals surface area contributed by atoms with Gasteiger partial charge < -0.3 is 14.2 Å². The fourth-order valence-corrected chi connectivity index (χ4v) is 1.85. The molecular formula is C11H20O4. The van der Waals surface area contributed by atoms with Gasteiger partial charge in [-0.15, -0.1) is 0 Å². The number of rotatable bonds is 5. The summed E-state index contributed by atoms with van der Waals surface area (Å²) in [6.07, 6.45) is 1.97. The third kappa shape index (κ3) is 3.80. The van der Waals surface area contributed by atoms with Crippen molar-refractivity contribution in [1.29, 1.82) is 0 Å². The number of carbonyl (C=O) groups is 1. The summed E-state index contributed by atoms with van der Waals surface area (Å²) in [5, 5.41) is 0. The lowest BCUT2D eigenvalue weighted by atomic mass is 10.1. The quantitative estimate of drug-likeness (QED) is 0.658. The fraction of sp³-hybridized carbons (Fsp3) is 0.909. The monoisotopic (exact) mass is 216 g/mol. The van der Waals surface area contributed by atoms with Gasteiger partial charge >= 0.3 is 5.97 Å². The minimum Gasteiger partial charge on any atom is -0.466 e. The average molecular weight is 216 g/mol. The number of ether oxygens (including phenoxy) is 3. The molecule has 2 unspecified atom stereocenters. The number of hydrogen-bond donors (Lipinski definition) is 0. The normalized spacial score (nSPS) is 30.5. The van der Waals surface area contributed by atoms with Crippen molar-refractivity contribution in [3.8, 4) is 0 Å². The molecule has 4 heteroatoms. The van der Waals surface area contributed by atoms with E-state index in [1.165, 1.54) is 0 Å². The highest BCUT2D eigenvalue weighted by Crippen LogP contribution is 2.32. The Balaban J connectivity index is 2.33. The van der Waals surface area contributed by atoms with Crippen LogP contribution in [0.5, 0.6) is 0 Å². The third-order valence-electron chi connectivity index (χ3n) is 2.49. The molecule has 1 heterocycles. The first-order valence-corrected chi connectivity index (χ1v) is 5.57. The Kier molecular flexibility index (Phi) is 4.54. The van der Waals surface area contributed by atoms with Crippen LogP contribution in [0, 0.1) is 0 Å². The first kappa shape index (κ1) is 12.5. The van der Waals surface area contributed by atoms with Crippen LogP contribution in [0.3, 0.4) is 0 Å². The van der Waals surface area contributed by atoms with E-state index in [1.807, 2.05) is 13.8 Å². The summed E-state index contributed by atoms with van der Waals surface area (Å²) in [6.45, 7) is 6.71. The number of hydrogen-bond acceptors (Lipinski definition) is 4. The summed E-state index contributed by atoms with van der Waals surface area (Å²) >= 11 is 0. The third-order valence-corrected chi connectivity index (χ3v) is 2.49. The van der Waals surface area contributed by atoms with Crippen molar-refractivity contribution in [3.63, 3.8) is 0 Å². The smallest absolute Gasteiger partial charge is 0.308 e. The summed E-state index contributed by atoms with van der Waals surface area (Å²) in [5.74, 6) is -0.699. The maximum atomic E-state index is 11.2. The van der Waals surface area contributed by atoms with Crippen LogP contribution in [-0.2, 0) is 19.0 Å². The van der Waals surface area contributed by atoms with Crippen LogP contribution < -0.4 is 0 Å². The fourth-order valence-electron chi connectivity index (χ4n) is 1.85. The zero-order valence-corrected chi connectivity index (χ0v) is 9.75. The molecule has 0 amide bonds. The van der Waals surface area contributed by atoms with Crippen LogP contribution in [-0.4, -0.2) is 31.1 Å². The molecule has 0 aromatic rings. The Labute approximate surface area is 90.9 Å². The van der Waals surface area contributed by atoms with E-state index in [1.54, 1.807) is 6.92 Å². The molecule has 0 aromatic carbocycles. The first-order valence-electron chi connectivity index (χ1n) is 5.57. The Morgan fingerprint density at radius 3 is 2.80 bits per heavy atom. The molecule has 0 aliphatic carbocycles. The van der Waals surface area contributed by atoms with E-state index in [9.17, 15) is 4.79 Å². The molecule has 0 saturated carbocycles. The zero-order valence-electron chi connectivity index (χ0n) is 9.75. The van der Waals surface area contributed by atoms with Crippen LogP contribution in [0.1, 0.15) is 40.0 Å². The van der Waals surface area contributed by atoms with Gasteiger partial charge in [-0.1, -0.05) is 0 Å². The predicted octanol–water partition coefficient (Wildman–Crippen LogP) is 1.87. The summed E-state index contributed by atoms with van der Waals surface area (Å²) in [4.78, 5) is 11.2. The minimum absolute atomic E-state index is 0.0550. The standard InChI is InChI=1S/C11H20O4/c1-4-13-10(12)8-9-6-7-11(3,15-9)14-5-2/h9H,4-8H2,1-3H3. The van der Waals surface area contributed by atoms with Crippen LogP contribution >= 0.6 is 0 Å². The maximum Gasteiger partial charge on any atom is 0.308 e. The van der Waals surface area contributed by atoms with Gasteiger partial charge in [-0.2, -0.15) is 0 Å². The summed E-state index contributed by atoms with van der Waals surface area (Å²) in [7, 11) is 0. The Morgan fingerprint density at radius 2 is 2.20 bits per heavy atom. The van der Waals surface area contributed by atoms with Gasteiger partial charge in [0.2, 0.25) is 0 Å². The lowest BCUT2D eigenvalue weighted by Crippen LogP contribution is -2.29. The van der Waals surface area contributed by atoms with Gasteiger partial charge in [-0.3, -0.25) is 4.79 Å². The van der Waals surface area contributed by atoms with Crippen LogP contribution in [0.2, 0.25) is 0 Å². The summed E-state index contributed by atoms with van der Waals surface area (Å²) < 4.78 is 16.0. The van der Waals surface area contributed by atoms with Gasteiger partial charge in [0.15, 0.2) is 5.79 Å². The van der Waals surface area contributed by atoms with E-state index in [0.717, 1.165) is 12.8 Å². The Hall–Kier alpha value is -0.610. The maximum absolute atomic E-state index is 11.2. The van der Waals surface area contributed by atoms with Crippen LogP contribution in [0.4, 0.5) is 0 Å². The molecule has 4 nitrogen and oxygen atoms in total. The molecule has 0 aromatic heterocycles. The predicted molar refractivity (Wildman–Crippen MR) is 55.4 cm³/mol. The average Bonchev–Trinajstić information content (AvgIpc) is 2.48. The van der Waals surface area contributed by atoms with Crippen molar-refractivity contribution < 1.29 is 19.0 Å². The highest BCUT2D eigenvalue weighted by molar-refractivity contribution is 5.69. The highest BCUT2D eigenvalue weighted by Gasteiger charge is 2.37. The molecule has 88 valence electrons. The van der Waals surface area contributed by atoms with Crippen LogP contribution in [0.25, 0.3) is 0 Å². The SMILES string of the molecule is CCOC(=O)CC1CCC(C)(OCC)O1. The summed E-state index contributed by atoms with van der Waals surface area (Å²) in [5.41, 5.74) is 0. The second-order valence-corrected chi connectivity index (χ2v) is 3.85. The molecular weight excluding hydrogens is 196 g/mol. The van der Waals surface area contributed by atoms with Gasteiger partial charge in [0, 0.05) is 13.0 Å². The van der Waals surface area contributed by atoms with E-state index < -0.39 is 5.79 Å². The largest absolute Gasteiger partial charge is 0.466 e. The number of carbonyl (C=O) groups excluding carboxylic acids is 1. The van der Waals surface area contributed by atoms with Crippen molar-refractivity contribution >= 4 is 5.97 Å². The van der Waals surface area contributed by atoms with Crippen LogP contribution in [0.15, 0.2) is 0 Å². The molecule has 1 aliphatic heterocycles.